The quantitative estimate of drug-likeness (QED) is 0.580. The summed E-state index contributed by atoms with van der Waals surface area (Å²) in [4.78, 5) is 13.3. The van der Waals surface area contributed by atoms with Crippen LogP contribution in [-0.4, -0.2) is 30.0 Å². The van der Waals surface area contributed by atoms with Crippen molar-refractivity contribution in [1.82, 2.24) is 4.90 Å². The van der Waals surface area contributed by atoms with E-state index in [1.807, 2.05) is 24.3 Å². The van der Waals surface area contributed by atoms with Crippen molar-refractivity contribution in [1.29, 1.82) is 5.26 Å². The number of nitrogens with zero attached hydrogens (tertiary/aromatic N) is 2. The Kier molecular flexibility index (Phi) is 5.28. The van der Waals surface area contributed by atoms with E-state index in [2.05, 4.69) is 5.92 Å². The fourth-order valence-electron chi connectivity index (χ4n) is 1.42. The van der Waals surface area contributed by atoms with Crippen molar-refractivity contribution in [2.24, 2.45) is 0 Å². The molecule has 0 aliphatic rings. The second kappa shape index (κ2) is 6.98. The van der Waals surface area contributed by atoms with Gasteiger partial charge in [0.25, 0.3) is 5.91 Å². The number of hydrogen-bond donors (Lipinski definition) is 0. The molecule has 18 heavy (non-hydrogen) atoms. The molecule has 0 N–H and O–H groups in total. The first-order valence-electron chi connectivity index (χ1n) is 5.50. The SMILES string of the molecule is C#CCN(CC#N)C(=O)[C@@H](C)Oc1ccccc1. The van der Waals surface area contributed by atoms with E-state index in [0.29, 0.717) is 5.75 Å². The molecule has 1 aromatic carbocycles. The van der Waals surface area contributed by atoms with Gasteiger partial charge in [-0.2, -0.15) is 5.26 Å². The van der Waals surface area contributed by atoms with E-state index in [9.17, 15) is 4.79 Å². The number of carbonyl (C=O) groups is 1. The monoisotopic (exact) mass is 242 g/mol. The smallest absolute Gasteiger partial charge is 0.264 e. The molecular formula is C14H14N2O2. The highest BCUT2D eigenvalue weighted by Gasteiger charge is 2.21. The maximum absolute atomic E-state index is 12.0. The number of hydrogen-bond acceptors (Lipinski definition) is 3. The number of ether oxygens (including phenoxy) is 1. The van der Waals surface area contributed by atoms with Gasteiger partial charge in [-0.05, 0) is 19.1 Å². The van der Waals surface area contributed by atoms with Gasteiger partial charge in [0.1, 0.15) is 12.3 Å². The maximum Gasteiger partial charge on any atom is 0.264 e. The number of carbonyl (C=O) groups excluding carboxylic acids is 1. The topological polar surface area (TPSA) is 53.3 Å². The van der Waals surface area contributed by atoms with Crippen molar-refractivity contribution >= 4 is 5.91 Å². The molecule has 0 saturated heterocycles. The molecule has 0 unspecified atom stereocenters. The second-order valence-corrected chi connectivity index (χ2v) is 3.63. The summed E-state index contributed by atoms with van der Waals surface area (Å²) in [5, 5.41) is 8.63. The molecule has 0 heterocycles. The molecule has 0 spiro atoms. The van der Waals surface area contributed by atoms with Gasteiger partial charge in [0, 0.05) is 0 Å². The van der Waals surface area contributed by atoms with Gasteiger partial charge in [0.05, 0.1) is 12.6 Å². The average molecular weight is 242 g/mol. The summed E-state index contributed by atoms with van der Waals surface area (Å²) in [5.41, 5.74) is 0. The minimum absolute atomic E-state index is 0.0362. The fourth-order valence-corrected chi connectivity index (χ4v) is 1.42. The Labute approximate surface area is 107 Å². The molecular weight excluding hydrogens is 228 g/mol. The van der Waals surface area contributed by atoms with Gasteiger partial charge in [0.15, 0.2) is 6.10 Å². The summed E-state index contributed by atoms with van der Waals surface area (Å²) in [6.07, 6.45) is 4.48. The number of terminal acetylenes is 1. The Morgan fingerprint density at radius 2 is 2.11 bits per heavy atom. The number of para-hydroxylation sites is 1. The zero-order valence-electron chi connectivity index (χ0n) is 10.2. The van der Waals surface area contributed by atoms with Gasteiger partial charge in [-0.15, -0.1) is 6.42 Å². The van der Waals surface area contributed by atoms with Crippen LogP contribution in [0.3, 0.4) is 0 Å². The molecule has 1 rings (SSSR count). The Balaban J connectivity index is 2.65. The lowest BCUT2D eigenvalue weighted by atomic mass is 10.3. The number of benzene rings is 1. The molecule has 0 aliphatic heterocycles. The molecule has 0 aromatic heterocycles. The van der Waals surface area contributed by atoms with E-state index in [0.717, 1.165) is 0 Å². The lowest BCUT2D eigenvalue weighted by Gasteiger charge is -2.21. The number of amides is 1. The number of rotatable bonds is 5. The van der Waals surface area contributed by atoms with Gasteiger partial charge in [-0.3, -0.25) is 4.79 Å². The van der Waals surface area contributed by atoms with Gasteiger partial charge >= 0.3 is 0 Å². The van der Waals surface area contributed by atoms with Crippen molar-refractivity contribution < 1.29 is 9.53 Å². The minimum Gasteiger partial charge on any atom is -0.481 e. The predicted octanol–water partition coefficient (Wildman–Crippen LogP) is 1.44. The van der Waals surface area contributed by atoms with E-state index in [1.165, 1.54) is 4.90 Å². The summed E-state index contributed by atoms with van der Waals surface area (Å²) in [6, 6.07) is 10.9. The highest BCUT2D eigenvalue weighted by molar-refractivity contribution is 5.81. The van der Waals surface area contributed by atoms with Crippen LogP contribution in [0.1, 0.15) is 6.92 Å². The van der Waals surface area contributed by atoms with Gasteiger partial charge in [-0.25, -0.2) is 0 Å². The first kappa shape index (κ1) is 13.6. The average Bonchev–Trinajstić information content (AvgIpc) is 2.39. The third kappa shape index (κ3) is 3.84. The summed E-state index contributed by atoms with van der Waals surface area (Å²) >= 11 is 0. The van der Waals surface area contributed by atoms with Crippen LogP contribution in [0, 0.1) is 23.7 Å². The zero-order chi connectivity index (χ0) is 13.4. The van der Waals surface area contributed by atoms with Gasteiger partial charge in [0.2, 0.25) is 0 Å². The summed E-state index contributed by atoms with van der Waals surface area (Å²) in [7, 11) is 0. The van der Waals surface area contributed by atoms with Crippen LogP contribution in [0.25, 0.3) is 0 Å². The lowest BCUT2D eigenvalue weighted by molar-refractivity contribution is -0.136. The van der Waals surface area contributed by atoms with E-state index in [1.54, 1.807) is 19.1 Å². The first-order chi connectivity index (χ1) is 8.69. The van der Waals surface area contributed by atoms with E-state index in [4.69, 9.17) is 16.4 Å². The van der Waals surface area contributed by atoms with Gasteiger partial charge in [-0.1, -0.05) is 24.1 Å². The molecule has 4 heteroatoms. The molecule has 1 aromatic rings. The Hall–Kier alpha value is -2.46. The summed E-state index contributed by atoms with van der Waals surface area (Å²) < 4.78 is 5.48. The van der Waals surface area contributed by atoms with Crippen LogP contribution in [0.2, 0.25) is 0 Å². The predicted molar refractivity (Wildman–Crippen MR) is 67.6 cm³/mol. The van der Waals surface area contributed by atoms with Crippen molar-refractivity contribution in [3.05, 3.63) is 30.3 Å². The molecule has 0 aliphatic carbocycles. The lowest BCUT2D eigenvalue weighted by Crippen LogP contribution is -2.40. The van der Waals surface area contributed by atoms with Crippen molar-refractivity contribution in [2.75, 3.05) is 13.1 Å². The molecule has 0 bridgehead atoms. The van der Waals surface area contributed by atoms with Crippen LogP contribution < -0.4 is 4.74 Å². The summed E-state index contributed by atoms with van der Waals surface area (Å²) in [6.45, 7) is 1.70. The Morgan fingerprint density at radius 3 is 2.67 bits per heavy atom. The normalized spacial score (nSPS) is 10.8. The molecule has 0 fully saturated rings. The molecule has 1 amide bonds. The standard InChI is InChI=1S/C14H14N2O2/c1-3-10-16(11-9-15)14(17)12(2)18-13-7-5-4-6-8-13/h1,4-8,12H,10-11H2,2H3/t12-/m1/s1. The van der Waals surface area contributed by atoms with Crippen LogP contribution in [-0.2, 0) is 4.79 Å². The van der Waals surface area contributed by atoms with E-state index < -0.39 is 6.10 Å². The van der Waals surface area contributed by atoms with Crippen LogP contribution in [0.5, 0.6) is 5.75 Å². The van der Waals surface area contributed by atoms with Crippen molar-refractivity contribution in [3.63, 3.8) is 0 Å². The summed E-state index contributed by atoms with van der Waals surface area (Å²) in [5.74, 6) is 2.66. The number of nitriles is 1. The zero-order valence-corrected chi connectivity index (χ0v) is 10.2. The molecule has 4 nitrogen and oxygen atoms in total. The fraction of sp³-hybridized carbons (Fsp3) is 0.286. The van der Waals surface area contributed by atoms with Gasteiger partial charge < -0.3 is 9.64 Å². The highest BCUT2D eigenvalue weighted by atomic mass is 16.5. The first-order valence-corrected chi connectivity index (χ1v) is 5.50. The van der Waals surface area contributed by atoms with Crippen LogP contribution >= 0.6 is 0 Å². The van der Waals surface area contributed by atoms with Crippen molar-refractivity contribution in [2.45, 2.75) is 13.0 Å². The second-order valence-electron chi connectivity index (χ2n) is 3.63. The highest BCUT2D eigenvalue weighted by Crippen LogP contribution is 2.11. The molecule has 0 saturated carbocycles. The third-order valence-corrected chi connectivity index (χ3v) is 2.26. The molecule has 1 atom stereocenters. The molecule has 0 radical (unpaired) electrons. The molecule has 92 valence electrons. The van der Waals surface area contributed by atoms with Crippen LogP contribution in [0.15, 0.2) is 30.3 Å². The Morgan fingerprint density at radius 1 is 1.44 bits per heavy atom. The maximum atomic E-state index is 12.0. The van der Waals surface area contributed by atoms with E-state index >= 15 is 0 Å². The van der Waals surface area contributed by atoms with E-state index in [-0.39, 0.29) is 19.0 Å². The van der Waals surface area contributed by atoms with Crippen molar-refractivity contribution in [3.8, 4) is 24.2 Å². The minimum atomic E-state index is -0.672. The Bertz CT molecular complexity index is 455. The van der Waals surface area contributed by atoms with Crippen LogP contribution in [0.4, 0.5) is 0 Å². The largest absolute Gasteiger partial charge is 0.481 e. The third-order valence-electron chi connectivity index (χ3n) is 2.26.